The predicted molar refractivity (Wildman–Crippen MR) is 83.5 cm³/mol. The van der Waals surface area contributed by atoms with Gasteiger partial charge in [0.2, 0.25) is 5.91 Å². The smallest absolute Gasteiger partial charge is 0.256 e. The maximum absolute atomic E-state index is 12.4. The van der Waals surface area contributed by atoms with Gasteiger partial charge in [-0.3, -0.25) is 9.59 Å². The highest BCUT2D eigenvalue weighted by atomic mass is 16.2. The summed E-state index contributed by atoms with van der Waals surface area (Å²) in [4.78, 5) is 32.8. The van der Waals surface area contributed by atoms with E-state index in [1.807, 2.05) is 25.8 Å². The first-order valence-electron chi connectivity index (χ1n) is 7.75. The number of rotatable bonds is 1. The molecule has 0 atom stereocenters. The van der Waals surface area contributed by atoms with E-state index >= 15 is 0 Å². The number of nitrogens with one attached hydrogen (secondary N) is 1. The number of carbonyl (C=O) groups is 2. The van der Waals surface area contributed by atoms with Crippen molar-refractivity contribution < 1.29 is 9.59 Å². The van der Waals surface area contributed by atoms with Gasteiger partial charge in [-0.05, 0) is 12.1 Å². The molecule has 2 amide bonds. The van der Waals surface area contributed by atoms with Gasteiger partial charge in [-0.25, -0.2) is 4.98 Å². The van der Waals surface area contributed by atoms with Gasteiger partial charge in [-0.1, -0.05) is 13.8 Å². The Kier molecular flexibility index (Phi) is 3.54. The Balaban J connectivity index is 1.82. The van der Waals surface area contributed by atoms with Gasteiger partial charge in [-0.15, -0.1) is 0 Å². The second-order valence-corrected chi connectivity index (χ2v) is 6.40. The van der Waals surface area contributed by atoms with E-state index in [1.54, 1.807) is 18.3 Å². The van der Waals surface area contributed by atoms with Crippen LogP contribution in [-0.4, -0.2) is 47.5 Å². The third kappa shape index (κ3) is 2.23. The average molecular weight is 302 g/mol. The molecule has 0 aliphatic carbocycles. The molecule has 118 valence electrons. The standard InChI is InChI=1S/C16H22N4O2/c1-11(2)15(22)20-9-6-16(7-10-20)18-14(21)12-5-4-8-17-13(12)19(16)3/h4-5,8,11H,6-7,9-10H2,1-3H3,(H,18,21). The molecule has 1 saturated heterocycles. The number of hydrogen-bond acceptors (Lipinski definition) is 4. The molecule has 6 nitrogen and oxygen atoms in total. The fraction of sp³-hybridized carbons (Fsp3) is 0.562. The van der Waals surface area contributed by atoms with Gasteiger partial charge in [0, 0.05) is 45.1 Å². The number of anilines is 1. The van der Waals surface area contributed by atoms with Crippen molar-refractivity contribution in [1.82, 2.24) is 15.2 Å². The Morgan fingerprint density at radius 1 is 1.36 bits per heavy atom. The quantitative estimate of drug-likeness (QED) is 0.847. The molecule has 1 aromatic rings. The highest BCUT2D eigenvalue weighted by Crippen LogP contribution is 2.34. The Morgan fingerprint density at radius 3 is 2.68 bits per heavy atom. The molecule has 0 bridgehead atoms. The lowest BCUT2D eigenvalue weighted by Crippen LogP contribution is -2.67. The minimum Gasteiger partial charge on any atom is -0.342 e. The molecule has 0 radical (unpaired) electrons. The molecule has 3 rings (SSSR count). The number of piperidine rings is 1. The summed E-state index contributed by atoms with van der Waals surface area (Å²) in [6.45, 7) is 5.15. The van der Waals surface area contributed by atoms with Crippen LogP contribution in [0.4, 0.5) is 5.82 Å². The average Bonchev–Trinajstić information content (AvgIpc) is 2.53. The van der Waals surface area contributed by atoms with Crippen LogP contribution in [0, 0.1) is 5.92 Å². The number of pyridine rings is 1. The molecule has 1 N–H and O–H groups in total. The van der Waals surface area contributed by atoms with Crippen molar-refractivity contribution >= 4 is 17.6 Å². The second-order valence-electron chi connectivity index (χ2n) is 6.40. The number of aromatic nitrogens is 1. The van der Waals surface area contributed by atoms with E-state index in [0.29, 0.717) is 31.5 Å². The van der Waals surface area contributed by atoms with Crippen molar-refractivity contribution in [2.24, 2.45) is 5.92 Å². The van der Waals surface area contributed by atoms with E-state index in [4.69, 9.17) is 0 Å². The van der Waals surface area contributed by atoms with E-state index in [9.17, 15) is 9.59 Å². The van der Waals surface area contributed by atoms with Crippen LogP contribution < -0.4 is 10.2 Å². The fourth-order valence-electron chi connectivity index (χ4n) is 3.33. The third-order valence-electron chi connectivity index (χ3n) is 4.73. The molecule has 1 fully saturated rings. The van der Waals surface area contributed by atoms with Crippen molar-refractivity contribution in [3.8, 4) is 0 Å². The number of hydrogen-bond donors (Lipinski definition) is 1. The molecule has 2 aliphatic rings. The van der Waals surface area contributed by atoms with Gasteiger partial charge in [-0.2, -0.15) is 0 Å². The van der Waals surface area contributed by atoms with Crippen molar-refractivity contribution in [3.05, 3.63) is 23.9 Å². The Labute approximate surface area is 130 Å². The molecule has 0 aromatic carbocycles. The van der Waals surface area contributed by atoms with Gasteiger partial charge >= 0.3 is 0 Å². The summed E-state index contributed by atoms with van der Waals surface area (Å²) >= 11 is 0. The van der Waals surface area contributed by atoms with E-state index < -0.39 is 5.66 Å². The number of amides is 2. The van der Waals surface area contributed by atoms with E-state index in [2.05, 4.69) is 15.2 Å². The maximum atomic E-state index is 12.4. The molecule has 0 unspecified atom stereocenters. The zero-order chi connectivity index (χ0) is 15.9. The SMILES string of the molecule is CC(C)C(=O)N1CCC2(CC1)NC(=O)c1cccnc1N2C. The van der Waals surface area contributed by atoms with Crippen LogP contribution >= 0.6 is 0 Å². The van der Waals surface area contributed by atoms with Gasteiger partial charge in [0.05, 0.1) is 5.56 Å². The first-order chi connectivity index (χ1) is 10.4. The lowest BCUT2D eigenvalue weighted by Gasteiger charge is -2.50. The highest BCUT2D eigenvalue weighted by Gasteiger charge is 2.45. The van der Waals surface area contributed by atoms with Crippen LogP contribution in [0.5, 0.6) is 0 Å². The van der Waals surface area contributed by atoms with Gasteiger partial charge in [0.25, 0.3) is 5.91 Å². The topological polar surface area (TPSA) is 65.5 Å². The van der Waals surface area contributed by atoms with Gasteiger partial charge in [0.15, 0.2) is 0 Å². The minimum atomic E-state index is -0.438. The summed E-state index contributed by atoms with van der Waals surface area (Å²) in [5.41, 5.74) is 0.169. The van der Waals surface area contributed by atoms with Crippen LogP contribution in [0.25, 0.3) is 0 Å². The molecular weight excluding hydrogens is 280 g/mol. The first kappa shape index (κ1) is 14.8. The zero-order valence-corrected chi connectivity index (χ0v) is 13.3. The number of likely N-dealkylation sites (tertiary alicyclic amines) is 1. The Morgan fingerprint density at radius 2 is 2.05 bits per heavy atom. The summed E-state index contributed by atoms with van der Waals surface area (Å²) in [7, 11) is 1.96. The number of fused-ring (bicyclic) bond motifs is 1. The zero-order valence-electron chi connectivity index (χ0n) is 13.3. The summed E-state index contributed by atoms with van der Waals surface area (Å²) in [5.74, 6) is 0.827. The van der Waals surface area contributed by atoms with Crippen LogP contribution in [0.1, 0.15) is 37.0 Å². The molecule has 22 heavy (non-hydrogen) atoms. The van der Waals surface area contributed by atoms with Crippen LogP contribution in [0.15, 0.2) is 18.3 Å². The van der Waals surface area contributed by atoms with Crippen LogP contribution in [0.3, 0.4) is 0 Å². The molecule has 0 saturated carbocycles. The van der Waals surface area contributed by atoms with Crippen LogP contribution in [-0.2, 0) is 4.79 Å². The molecule has 6 heteroatoms. The van der Waals surface area contributed by atoms with E-state index in [1.165, 1.54) is 0 Å². The summed E-state index contributed by atoms with van der Waals surface area (Å²) in [6.07, 6.45) is 3.13. The van der Waals surface area contributed by atoms with Crippen molar-refractivity contribution in [1.29, 1.82) is 0 Å². The Hall–Kier alpha value is -2.11. The molecule has 1 spiro atoms. The lowest BCUT2D eigenvalue weighted by atomic mass is 9.91. The van der Waals surface area contributed by atoms with Crippen molar-refractivity contribution in [3.63, 3.8) is 0 Å². The largest absolute Gasteiger partial charge is 0.342 e. The molecular formula is C16H22N4O2. The number of nitrogens with zero attached hydrogens (tertiary/aromatic N) is 3. The van der Waals surface area contributed by atoms with Gasteiger partial charge < -0.3 is 15.1 Å². The first-order valence-corrected chi connectivity index (χ1v) is 7.75. The van der Waals surface area contributed by atoms with E-state index in [0.717, 1.165) is 5.82 Å². The normalized spacial score (nSPS) is 20.1. The van der Waals surface area contributed by atoms with Crippen molar-refractivity contribution in [2.75, 3.05) is 25.0 Å². The maximum Gasteiger partial charge on any atom is 0.256 e. The van der Waals surface area contributed by atoms with Crippen LogP contribution in [0.2, 0.25) is 0 Å². The predicted octanol–water partition coefficient (Wildman–Crippen LogP) is 1.24. The minimum absolute atomic E-state index is 0.00937. The summed E-state index contributed by atoms with van der Waals surface area (Å²) in [5, 5.41) is 3.14. The molecule has 2 aliphatic heterocycles. The Bertz CT molecular complexity index is 606. The highest BCUT2D eigenvalue weighted by molar-refractivity contribution is 6.01. The molecule has 3 heterocycles. The second kappa shape index (κ2) is 5.26. The van der Waals surface area contributed by atoms with Crippen molar-refractivity contribution in [2.45, 2.75) is 32.4 Å². The van der Waals surface area contributed by atoms with Gasteiger partial charge in [0.1, 0.15) is 11.5 Å². The monoisotopic (exact) mass is 302 g/mol. The van der Waals surface area contributed by atoms with E-state index in [-0.39, 0.29) is 17.7 Å². The number of carbonyl (C=O) groups excluding carboxylic acids is 2. The fourth-order valence-corrected chi connectivity index (χ4v) is 3.33. The summed E-state index contributed by atoms with van der Waals surface area (Å²) in [6, 6.07) is 3.56. The summed E-state index contributed by atoms with van der Waals surface area (Å²) < 4.78 is 0. The molecule has 1 aromatic heterocycles. The lowest BCUT2D eigenvalue weighted by molar-refractivity contribution is -0.136. The third-order valence-corrected chi connectivity index (χ3v) is 4.73.